The molecule has 1 atom stereocenters. The van der Waals surface area contributed by atoms with Gasteiger partial charge >= 0.3 is 0 Å². The molecule has 2 N–H and O–H groups in total. The summed E-state index contributed by atoms with van der Waals surface area (Å²) in [6.45, 7) is 1.96. The van der Waals surface area contributed by atoms with E-state index in [1.165, 1.54) is 31.9 Å². The van der Waals surface area contributed by atoms with Gasteiger partial charge in [0.25, 0.3) is 0 Å². The minimum Gasteiger partial charge on any atom is -0.481 e. The third-order valence-corrected chi connectivity index (χ3v) is 5.07. The van der Waals surface area contributed by atoms with Crippen molar-refractivity contribution >= 4 is 28.1 Å². The molecule has 4 aromatic heterocycles. The molecule has 0 aliphatic heterocycles. The van der Waals surface area contributed by atoms with Crippen molar-refractivity contribution in [2.24, 2.45) is 0 Å². The number of benzene rings is 1. The van der Waals surface area contributed by atoms with E-state index in [1.54, 1.807) is 16.7 Å². The molecule has 1 aromatic carbocycles. The van der Waals surface area contributed by atoms with E-state index in [2.05, 4.69) is 30.2 Å². The van der Waals surface area contributed by atoms with Crippen molar-refractivity contribution in [3.8, 4) is 11.6 Å². The summed E-state index contributed by atoms with van der Waals surface area (Å²) in [5.74, 6) is -0.0261. The van der Waals surface area contributed by atoms with Crippen LogP contribution in [-0.4, -0.2) is 41.6 Å². The number of halogens is 2. The van der Waals surface area contributed by atoms with Crippen molar-refractivity contribution in [3.63, 3.8) is 0 Å². The first kappa shape index (κ1) is 19.8. The zero-order valence-corrected chi connectivity index (χ0v) is 17.2. The standard InChI is InChI=1S/C21H18F2N8O/c1-3-14(28-19-17-18(25-9-24-17)26-10-27-19)20-29-15-4-5-16(32-2)30-21(15)31(20)13-7-11(22)6-12(23)8-13/h4-10,14H,3H2,1-2H3,(H2,24,25,26,27,28)/t14-/m0/s1. The smallest absolute Gasteiger partial charge is 0.215 e. The largest absolute Gasteiger partial charge is 0.481 e. The van der Waals surface area contributed by atoms with Gasteiger partial charge in [0.05, 0.1) is 25.2 Å². The highest BCUT2D eigenvalue weighted by Gasteiger charge is 2.23. The number of imidazole rings is 2. The molecule has 0 aliphatic rings. The molecule has 11 heteroatoms. The molecule has 5 rings (SSSR count). The number of aromatic amines is 1. The molecule has 0 bridgehead atoms. The fourth-order valence-corrected chi connectivity index (χ4v) is 3.61. The van der Waals surface area contributed by atoms with Crippen LogP contribution in [0.15, 0.2) is 43.0 Å². The summed E-state index contributed by atoms with van der Waals surface area (Å²) < 4.78 is 35.1. The van der Waals surface area contributed by atoms with Gasteiger partial charge in [-0.2, -0.15) is 4.98 Å². The number of anilines is 1. The van der Waals surface area contributed by atoms with E-state index >= 15 is 0 Å². The van der Waals surface area contributed by atoms with E-state index in [0.717, 1.165) is 6.07 Å². The Hall–Kier alpha value is -4.15. The van der Waals surface area contributed by atoms with Gasteiger partial charge in [-0.25, -0.2) is 28.7 Å². The lowest BCUT2D eigenvalue weighted by Crippen LogP contribution is -2.17. The van der Waals surface area contributed by atoms with Crippen LogP contribution in [0.5, 0.6) is 5.88 Å². The number of hydrogen-bond donors (Lipinski definition) is 2. The lowest BCUT2D eigenvalue weighted by molar-refractivity contribution is 0.399. The van der Waals surface area contributed by atoms with Crippen LogP contribution in [0, 0.1) is 11.6 Å². The zero-order chi connectivity index (χ0) is 22.2. The molecule has 0 fully saturated rings. The third kappa shape index (κ3) is 3.37. The molecule has 9 nitrogen and oxygen atoms in total. The van der Waals surface area contributed by atoms with E-state index in [-0.39, 0.29) is 11.7 Å². The summed E-state index contributed by atoms with van der Waals surface area (Å²) >= 11 is 0. The summed E-state index contributed by atoms with van der Waals surface area (Å²) in [6.07, 6.45) is 3.55. The lowest BCUT2D eigenvalue weighted by Gasteiger charge is -2.19. The van der Waals surface area contributed by atoms with E-state index < -0.39 is 11.6 Å². The summed E-state index contributed by atoms with van der Waals surface area (Å²) in [7, 11) is 1.50. The topological polar surface area (TPSA) is 106 Å². The van der Waals surface area contributed by atoms with Crippen molar-refractivity contribution < 1.29 is 13.5 Å². The highest BCUT2D eigenvalue weighted by atomic mass is 19.1. The Bertz CT molecular complexity index is 1410. The lowest BCUT2D eigenvalue weighted by atomic mass is 10.2. The Labute approximate surface area is 180 Å². The molecular formula is C21H18F2N8O. The molecule has 32 heavy (non-hydrogen) atoms. The van der Waals surface area contributed by atoms with Crippen LogP contribution in [0.2, 0.25) is 0 Å². The molecule has 162 valence electrons. The molecule has 4 heterocycles. The van der Waals surface area contributed by atoms with Gasteiger partial charge in [-0.05, 0) is 24.6 Å². The second-order valence-corrected chi connectivity index (χ2v) is 7.06. The number of hydrogen-bond acceptors (Lipinski definition) is 7. The highest BCUT2D eigenvalue weighted by Crippen LogP contribution is 2.30. The van der Waals surface area contributed by atoms with Gasteiger partial charge in [-0.15, -0.1) is 0 Å². The number of nitrogens with one attached hydrogen (secondary N) is 2. The fraction of sp³-hybridized carbons (Fsp3) is 0.190. The first-order valence-corrected chi connectivity index (χ1v) is 9.88. The Morgan fingerprint density at radius 2 is 1.91 bits per heavy atom. The maximum Gasteiger partial charge on any atom is 0.215 e. The van der Waals surface area contributed by atoms with Gasteiger partial charge in [0, 0.05) is 12.1 Å². The molecule has 0 amide bonds. The number of fused-ring (bicyclic) bond motifs is 2. The predicted octanol–water partition coefficient (Wildman–Crippen LogP) is 3.94. The monoisotopic (exact) mass is 436 g/mol. The SMILES string of the molecule is CC[C@H](Nc1ncnc2[nH]cnc12)c1nc2ccc(OC)nc2n1-c1cc(F)cc(F)c1. The second kappa shape index (κ2) is 7.84. The zero-order valence-electron chi connectivity index (χ0n) is 17.2. The summed E-state index contributed by atoms with van der Waals surface area (Å²) in [6, 6.07) is 6.34. The van der Waals surface area contributed by atoms with Crippen LogP contribution in [0.1, 0.15) is 25.2 Å². The number of ether oxygens (including phenoxy) is 1. The quantitative estimate of drug-likeness (QED) is 0.415. The van der Waals surface area contributed by atoms with Gasteiger partial charge in [-0.3, -0.25) is 4.57 Å². The molecule has 0 aliphatic carbocycles. The first-order valence-electron chi connectivity index (χ1n) is 9.88. The molecule has 0 saturated heterocycles. The molecule has 0 unspecified atom stereocenters. The van der Waals surface area contributed by atoms with E-state index in [1.807, 2.05) is 6.92 Å². The summed E-state index contributed by atoms with van der Waals surface area (Å²) in [4.78, 5) is 24.9. The minimum atomic E-state index is -0.703. The maximum atomic E-state index is 14.1. The number of rotatable bonds is 6. The molecule has 0 radical (unpaired) electrons. The van der Waals surface area contributed by atoms with Crippen LogP contribution < -0.4 is 10.1 Å². The van der Waals surface area contributed by atoms with Crippen molar-refractivity contribution in [2.75, 3.05) is 12.4 Å². The van der Waals surface area contributed by atoms with Gasteiger partial charge in [0.2, 0.25) is 5.88 Å². The average molecular weight is 436 g/mol. The first-order chi connectivity index (χ1) is 15.6. The number of methoxy groups -OCH3 is 1. The Morgan fingerprint density at radius 3 is 2.66 bits per heavy atom. The van der Waals surface area contributed by atoms with Gasteiger partial charge < -0.3 is 15.0 Å². The number of aromatic nitrogens is 7. The van der Waals surface area contributed by atoms with Crippen LogP contribution in [0.25, 0.3) is 28.0 Å². The van der Waals surface area contributed by atoms with Crippen LogP contribution >= 0.6 is 0 Å². The number of nitrogens with zero attached hydrogens (tertiary/aromatic N) is 6. The van der Waals surface area contributed by atoms with Crippen LogP contribution in [0.3, 0.4) is 0 Å². The Morgan fingerprint density at radius 1 is 1.09 bits per heavy atom. The fourth-order valence-electron chi connectivity index (χ4n) is 3.61. The van der Waals surface area contributed by atoms with Gasteiger partial charge in [0.1, 0.15) is 34.8 Å². The van der Waals surface area contributed by atoms with E-state index in [9.17, 15) is 8.78 Å². The number of pyridine rings is 1. The molecular weight excluding hydrogens is 418 g/mol. The number of H-pyrrole nitrogens is 1. The van der Waals surface area contributed by atoms with Crippen LogP contribution in [-0.2, 0) is 0 Å². The van der Waals surface area contributed by atoms with Gasteiger partial charge in [-0.1, -0.05) is 6.92 Å². The average Bonchev–Trinajstić information content (AvgIpc) is 3.41. The van der Waals surface area contributed by atoms with E-state index in [4.69, 9.17) is 9.72 Å². The molecule has 5 aromatic rings. The summed E-state index contributed by atoms with van der Waals surface area (Å²) in [5.41, 5.74) is 2.39. The summed E-state index contributed by atoms with van der Waals surface area (Å²) in [5, 5.41) is 3.34. The maximum absolute atomic E-state index is 14.1. The van der Waals surface area contributed by atoms with Crippen molar-refractivity contribution in [3.05, 3.63) is 60.4 Å². The third-order valence-electron chi connectivity index (χ3n) is 5.07. The van der Waals surface area contributed by atoms with Gasteiger partial charge in [0.15, 0.2) is 17.1 Å². The van der Waals surface area contributed by atoms with E-state index in [0.29, 0.717) is 46.3 Å². The highest BCUT2D eigenvalue weighted by molar-refractivity contribution is 5.82. The van der Waals surface area contributed by atoms with Crippen molar-refractivity contribution in [2.45, 2.75) is 19.4 Å². The van der Waals surface area contributed by atoms with Crippen LogP contribution in [0.4, 0.5) is 14.6 Å². The normalized spacial score (nSPS) is 12.4. The predicted molar refractivity (Wildman–Crippen MR) is 114 cm³/mol. The molecule has 0 spiro atoms. The Balaban J connectivity index is 1.70. The molecule has 0 saturated carbocycles. The second-order valence-electron chi connectivity index (χ2n) is 7.06. The Kier molecular flexibility index (Phi) is 4.85. The van der Waals surface area contributed by atoms with Crippen molar-refractivity contribution in [1.82, 2.24) is 34.5 Å². The van der Waals surface area contributed by atoms with Crippen molar-refractivity contribution in [1.29, 1.82) is 0 Å². The minimum absolute atomic E-state index is 0.258.